The maximum atomic E-state index is 8.73. The topological polar surface area (TPSA) is 20.2 Å². The van der Waals surface area contributed by atoms with E-state index in [-0.39, 0.29) is 51.2 Å². The van der Waals surface area contributed by atoms with Crippen LogP contribution in [0.2, 0.25) is 0 Å². The monoisotopic (exact) mass is 306 g/mol. The van der Waals surface area contributed by atoms with Crippen molar-refractivity contribution in [1.82, 2.24) is 0 Å². The maximum absolute atomic E-state index is 8.73. The van der Waals surface area contributed by atoms with Crippen LogP contribution >= 0.6 is 0 Å². The molecule has 0 fully saturated rings. The van der Waals surface area contributed by atoms with Gasteiger partial charge in [0, 0.05) is 51.2 Å². The summed E-state index contributed by atoms with van der Waals surface area (Å²) in [6, 6.07) is 0. The van der Waals surface area contributed by atoms with Crippen LogP contribution in [-0.4, -0.2) is 11.7 Å². The molecule has 4 atom stereocenters. The van der Waals surface area contributed by atoms with Gasteiger partial charge < -0.3 is 11.0 Å². The van der Waals surface area contributed by atoms with Crippen LogP contribution in [-0.2, 0) is 32.7 Å². The number of aliphatic hydroxyl groups is 1. The Labute approximate surface area is 131 Å². The van der Waals surface area contributed by atoms with E-state index >= 15 is 0 Å². The molecule has 0 rings (SSSR count). The van der Waals surface area contributed by atoms with Crippen LogP contribution in [0.15, 0.2) is 5.57 Å². The molecule has 0 heterocycles. The Hall–Kier alpha value is -0.0761. The van der Waals surface area contributed by atoms with Crippen LogP contribution in [0.1, 0.15) is 27.7 Å². The first-order valence-corrected chi connectivity index (χ1v) is 5.63. The molecule has 91 valence electrons. The molecule has 1 nitrogen and oxygen atoms in total. The third-order valence-electron chi connectivity index (χ3n) is 3.30. The SMILES string of the molecule is C#CC(C)C(C)C(C)C(C)C#CC(=[CH-])CO.[Y]. The Bertz CT molecular complexity index is 329. The number of hydrogen-bond acceptors (Lipinski definition) is 1. The first kappa shape index (κ1) is 19.3. The normalized spacial score (nSPS) is 16.2. The summed E-state index contributed by atoms with van der Waals surface area (Å²) in [6.07, 6.45) is 5.41. The smallest absolute Gasteiger partial charge is 0.0403 e. The van der Waals surface area contributed by atoms with Crippen LogP contribution in [0.25, 0.3) is 0 Å². The molecule has 1 N–H and O–H groups in total. The number of hydrogen-bond donors (Lipinski definition) is 1. The molecule has 0 saturated heterocycles. The predicted molar refractivity (Wildman–Crippen MR) is 68.2 cm³/mol. The van der Waals surface area contributed by atoms with Crippen molar-refractivity contribution < 1.29 is 37.8 Å². The van der Waals surface area contributed by atoms with Crippen LogP contribution in [0.4, 0.5) is 0 Å². The van der Waals surface area contributed by atoms with Gasteiger partial charge in [0.05, 0.1) is 0 Å². The molecule has 0 saturated carbocycles. The van der Waals surface area contributed by atoms with E-state index in [4.69, 9.17) is 18.1 Å². The first-order valence-electron chi connectivity index (χ1n) is 5.63. The summed E-state index contributed by atoms with van der Waals surface area (Å²) >= 11 is 0. The summed E-state index contributed by atoms with van der Waals surface area (Å²) in [6.45, 7) is 13.7. The number of rotatable bonds is 4. The van der Waals surface area contributed by atoms with E-state index in [1.165, 1.54) is 0 Å². The van der Waals surface area contributed by atoms with E-state index in [1.54, 1.807) is 0 Å². The van der Waals surface area contributed by atoms with Crippen molar-refractivity contribution in [3.63, 3.8) is 0 Å². The molecule has 0 aromatic carbocycles. The molecule has 0 aliphatic carbocycles. The van der Waals surface area contributed by atoms with E-state index in [0.29, 0.717) is 17.4 Å². The number of aliphatic hydroxyl groups excluding tert-OH is 1. The molecule has 0 aliphatic heterocycles. The van der Waals surface area contributed by atoms with Crippen LogP contribution in [0.5, 0.6) is 0 Å². The molecule has 2 heteroatoms. The second-order valence-electron chi connectivity index (χ2n) is 4.41. The van der Waals surface area contributed by atoms with Gasteiger partial charge in [0.1, 0.15) is 0 Å². The average Bonchev–Trinajstić information content (AvgIpc) is 2.32. The fourth-order valence-corrected chi connectivity index (χ4v) is 1.44. The minimum atomic E-state index is -0.176. The third kappa shape index (κ3) is 7.05. The minimum absolute atomic E-state index is 0. The molecule has 0 aliphatic rings. The third-order valence-corrected chi connectivity index (χ3v) is 3.30. The van der Waals surface area contributed by atoms with Crippen molar-refractivity contribution in [2.45, 2.75) is 27.7 Å². The average molecular weight is 306 g/mol. The van der Waals surface area contributed by atoms with E-state index < -0.39 is 0 Å². The number of terminal acetylenes is 1. The first-order chi connectivity index (χ1) is 7.43. The molecule has 0 bridgehead atoms. The predicted octanol–water partition coefficient (Wildman–Crippen LogP) is 2.52. The zero-order valence-corrected chi connectivity index (χ0v) is 14.0. The molecule has 0 spiro atoms. The van der Waals surface area contributed by atoms with Gasteiger partial charge >= 0.3 is 0 Å². The standard InChI is InChI=1S/C15H21O.Y/c1-7-12(3)14(5)15(6)13(4)9-8-11(2)10-16;/h1-2,12-16H,10H2,3-6H3;/q-1;. The molecule has 0 aromatic heterocycles. The molecule has 0 aromatic rings. The second-order valence-corrected chi connectivity index (χ2v) is 4.41. The Kier molecular flexibility index (Phi) is 11.2. The Morgan fingerprint density at radius 3 is 2.06 bits per heavy atom. The van der Waals surface area contributed by atoms with Gasteiger partial charge in [0.15, 0.2) is 0 Å². The quantitative estimate of drug-likeness (QED) is 0.625. The minimum Gasteiger partial charge on any atom is -0.394 e. The van der Waals surface area contributed by atoms with Crippen molar-refractivity contribution in [1.29, 1.82) is 0 Å². The van der Waals surface area contributed by atoms with E-state index in [9.17, 15) is 0 Å². The fraction of sp³-hybridized carbons (Fsp3) is 0.600. The van der Waals surface area contributed by atoms with Crippen LogP contribution in [0, 0.1) is 54.4 Å². The van der Waals surface area contributed by atoms with Crippen molar-refractivity contribution in [2.75, 3.05) is 6.61 Å². The van der Waals surface area contributed by atoms with Crippen molar-refractivity contribution >= 4 is 0 Å². The summed E-state index contributed by atoms with van der Waals surface area (Å²) < 4.78 is 0. The molecule has 1 radical (unpaired) electrons. The van der Waals surface area contributed by atoms with E-state index in [0.717, 1.165) is 0 Å². The van der Waals surface area contributed by atoms with Crippen molar-refractivity contribution in [2.24, 2.45) is 23.7 Å². The van der Waals surface area contributed by atoms with Gasteiger partial charge in [-0.05, 0) is 11.8 Å². The van der Waals surface area contributed by atoms with Gasteiger partial charge in [-0.3, -0.25) is 6.58 Å². The summed E-state index contributed by atoms with van der Waals surface area (Å²) in [5.74, 6) is 9.87. The van der Waals surface area contributed by atoms with Crippen molar-refractivity contribution in [3.05, 3.63) is 12.2 Å². The van der Waals surface area contributed by atoms with Gasteiger partial charge in [-0.15, -0.1) is 12.3 Å². The molecule has 4 unspecified atom stereocenters. The zero-order valence-electron chi connectivity index (χ0n) is 11.2. The van der Waals surface area contributed by atoms with Crippen LogP contribution < -0.4 is 0 Å². The summed E-state index contributed by atoms with van der Waals surface area (Å²) in [7, 11) is 0. The van der Waals surface area contributed by atoms with Crippen molar-refractivity contribution in [3.8, 4) is 24.2 Å². The summed E-state index contributed by atoms with van der Waals surface area (Å²) in [5, 5.41) is 8.73. The zero-order chi connectivity index (χ0) is 12.7. The fourth-order valence-electron chi connectivity index (χ4n) is 1.44. The Balaban J connectivity index is 0. The maximum Gasteiger partial charge on any atom is 0.0403 e. The molecular weight excluding hydrogens is 285 g/mol. The summed E-state index contributed by atoms with van der Waals surface area (Å²) in [4.78, 5) is 0. The van der Waals surface area contributed by atoms with Gasteiger partial charge in [0.25, 0.3) is 0 Å². The van der Waals surface area contributed by atoms with Gasteiger partial charge in [-0.2, -0.15) is 5.57 Å². The Morgan fingerprint density at radius 1 is 1.18 bits per heavy atom. The Morgan fingerprint density at radius 2 is 1.65 bits per heavy atom. The van der Waals surface area contributed by atoms with Gasteiger partial charge in [0.2, 0.25) is 0 Å². The second kappa shape index (κ2) is 9.90. The van der Waals surface area contributed by atoms with Gasteiger partial charge in [-0.25, -0.2) is 5.92 Å². The van der Waals surface area contributed by atoms with E-state index in [1.807, 2.05) is 0 Å². The molecule has 17 heavy (non-hydrogen) atoms. The van der Waals surface area contributed by atoms with Crippen LogP contribution in [0.3, 0.4) is 0 Å². The summed E-state index contributed by atoms with van der Waals surface area (Å²) in [5.41, 5.74) is 0.316. The molecule has 0 amide bonds. The molecular formula is C15H21OY-. The largest absolute Gasteiger partial charge is 0.394 e. The van der Waals surface area contributed by atoms with E-state index in [2.05, 4.69) is 45.5 Å². The van der Waals surface area contributed by atoms with Gasteiger partial charge in [-0.1, -0.05) is 27.7 Å².